The Morgan fingerprint density at radius 1 is 1.53 bits per heavy atom. The van der Waals surface area contributed by atoms with E-state index in [9.17, 15) is 9.90 Å². The van der Waals surface area contributed by atoms with E-state index in [-0.39, 0.29) is 17.9 Å². The molecular weight excluding hydrogens is 190 g/mol. The average Bonchev–Trinajstić information content (AvgIpc) is 2.43. The Hall–Kier alpha value is -1.35. The maximum absolute atomic E-state index is 10.9. The van der Waals surface area contributed by atoms with Crippen molar-refractivity contribution in [2.75, 3.05) is 5.32 Å². The molecular formula is C12H15NO2. The van der Waals surface area contributed by atoms with E-state index in [0.29, 0.717) is 0 Å². The van der Waals surface area contributed by atoms with Crippen molar-refractivity contribution in [1.29, 1.82) is 0 Å². The van der Waals surface area contributed by atoms with Crippen LogP contribution in [0.4, 0.5) is 5.69 Å². The minimum Gasteiger partial charge on any atom is -0.392 e. The van der Waals surface area contributed by atoms with Crippen LogP contribution in [0.5, 0.6) is 0 Å². The summed E-state index contributed by atoms with van der Waals surface area (Å²) in [6.45, 7) is 3.50. The van der Waals surface area contributed by atoms with Gasteiger partial charge >= 0.3 is 0 Å². The molecule has 0 bridgehead atoms. The van der Waals surface area contributed by atoms with Gasteiger partial charge in [0.2, 0.25) is 5.91 Å². The van der Waals surface area contributed by atoms with Gasteiger partial charge in [0.15, 0.2) is 0 Å². The van der Waals surface area contributed by atoms with Gasteiger partial charge in [-0.05, 0) is 29.7 Å². The van der Waals surface area contributed by atoms with Gasteiger partial charge in [0.25, 0.3) is 0 Å². The lowest BCUT2D eigenvalue weighted by Gasteiger charge is -2.10. The van der Waals surface area contributed by atoms with Crippen LogP contribution >= 0.6 is 0 Å². The van der Waals surface area contributed by atoms with E-state index in [2.05, 4.69) is 5.32 Å². The lowest BCUT2D eigenvalue weighted by Crippen LogP contribution is -2.09. The molecule has 1 amide bonds. The SMILES string of the molecule is CC(=O)Nc1ccc2c(c1)C(C)C(O)C2. The molecule has 0 fully saturated rings. The number of fused-ring (bicyclic) bond motifs is 1. The molecule has 2 unspecified atom stereocenters. The van der Waals surface area contributed by atoms with Gasteiger partial charge in [-0.2, -0.15) is 0 Å². The van der Waals surface area contributed by atoms with Crippen molar-refractivity contribution in [2.24, 2.45) is 0 Å². The molecule has 0 radical (unpaired) electrons. The monoisotopic (exact) mass is 205 g/mol. The highest BCUT2D eigenvalue weighted by molar-refractivity contribution is 5.88. The summed E-state index contributed by atoms with van der Waals surface area (Å²) in [5, 5.41) is 12.5. The van der Waals surface area contributed by atoms with Crippen LogP contribution in [-0.2, 0) is 11.2 Å². The van der Waals surface area contributed by atoms with E-state index in [1.54, 1.807) is 0 Å². The van der Waals surface area contributed by atoms with Gasteiger partial charge in [-0.15, -0.1) is 0 Å². The molecule has 0 heterocycles. The van der Waals surface area contributed by atoms with Crippen LogP contribution < -0.4 is 5.32 Å². The first-order valence-corrected chi connectivity index (χ1v) is 5.16. The van der Waals surface area contributed by atoms with Crippen LogP contribution in [0.3, 0.4) is 0 Å². The summed E-state index contributed by atoms with van der Waals surface area (Å²) in [7, 11) is 0. The highest BCUT2D eigenvalue weighted by Gasteiger charge is 2.27. The van der Waals surface area contributed by atoms with Gasteiger partial charge in [-0.1, -0.05) is 13.0 Å². The Balaban J connectivity index is 2.31. The number of hydrogen-bond donors (Lipinski definition) is 2. The third-order valence-electron chi connectivity index (χ3n) is 2.96. The van der Waals surface area contributed by atoms with Crippen LogP contribution in [0, 0.1) is 0 Å². The van der Waals surface area contributed by atoms with Crippen molar-refractivity contribution in [2.45, 2.75) is 32.3 Å². The van der Waals surface area contributed by atoms with Gasteiger partial charge in [0.05, 0.1) is 6.10 Å². The van der Waals surface area contributed by atoms with Crippen molar-refractivity contribution in [3.05, 3.63) is 29.3 Å². The molecule has 1 aliphatic carbocycles. The summed E-state index contributed by atoms with van der Waals surface area (Å²) in [6.07, 6.45) is 0.434. The van der Waals surface area contributed by atoms with E-state index >= 15 is 0 Å². The van der Waals surface area contributed by atoms with Crippen LogP contribution in [0.2, 0.25) is 0 Å². The second-order valence-electron chi connectivity index (χ2n) is 4.15. The molecule has 1 aromatic carbocycles. The van der Waals surface area contributed by atoms with Crippen molar-refractivity contribution in [3.63, 3.8) is 0 Å². The first-order valence-electron chi connectivity index (χ1n) is 5.16. The first-order chi connectivity index (χ1) is 7.08. The summed E-state index contributed by atoms with van der Waals surface area (Å²) >= 11 is 0. The molecule has 0 saturated heterocycles. The molecule has 2 N–H and O–H groups in total. The predicted molar refractivity (Wildman–Crippen MR) is 58.9 cm³/mol. The van der Waals surface area contributed by atoms with Crippen molar-refractivity contribution >= 4 is 11.6 Å². The second kappa shape index (κ2) is 3.66. The number of amides is 1. The number of benzene rings is 1. The molecule has 3 heteroatoms. The minimum absolute atomic E-state index is 0.0684. The molecule has 80 valence electrons. The third-order valence-corrected chi connectivity index (χ3v) is 2.96. The van der Waals surface area contributed by atoms with E-state index in [1.165, 1.54) is 12.5 Å². The van der Waals surface area contributed by atoms with E-state index in [4.69, 9.17) is 0 Å². The molecule has 3 nitrogen and oxygen atoms in total. The van der Waals surface area contributed by atoms with Gasteiger partial charge in [-0.3, -0.25) is 4.79 Å². The number of carbonyl (C=O) groups excluding carboxylic acids is 1. The number of nitrogens with one attached hydrogen (secondary N) is 1. The number of hydrogen-bond acceptors (Lipinski definition) is 2. The molecule has 0 saturated carbocycles. The predicted octanol–water partition coefficient (Wildman–Crippen LogP) is 1.67. The largest absolute Gasteiger partial charge is 0.392 e. The Labute approximate surface area is 89.1 Å². The number of carbonyl (C=O) groups is 1. The third kappa shape index (κ3) is 1.88. The number of rotatable bonds is 1. The molecule has 15 heavy (non-hydrogen) atoms. The normalized spacial score (nSPS) is 23.7. The Kier molecular flexibility index (Phi) is 2.49. The van der Waals surface area contributed by atoms with Crippen molar-refractivity contribution in [3.8, 4) is 0 Å². The van der Waals surface area contributed by atoms with Gasteiger partial charge < -0.3 is 10.4 Å². The Morgan fingerprint density at radius 2 is 2.27 bits per heavy atom. The number of aliphatic hydroxyl groups excluding tert-OH is 1. The lowest BCUT2D eigenvalue weighted by atomic mass is 10.0. The Morgan fingerprint density at radius 3 is 2.93 bits per heavy atom. The van der Waals surface area contributed by atoms with E-state index in [1.807, 2.05) is 25.1 Å². The standard InChI is InChI=1S/C12H15NO2/c1-7-11-6-10(13-8(2)14)4-3-9(11)5-12(7)15/h3-4,6-7,12,15H,5H2,1-2H3,(H,13,14). The summed E-state index contributed by atoms with van der Waals surface area (Å²) in [5.74, 6) is 0.0925. The topological polar surface area (TPSA) is 49.3 Å². The van der Waals surface area contributed by atoms with Crippen LogP contribution in [0.1, 0.15) is 30.9 Å². The second-order valence-corrected chi connectivity index (χ2v) is 4.15. The van der Waals surface area contributed by atoms with Gasteiger partial charge in [0.1, 0.15) is 0 Å². The zero-order valence-corrected chi connectivity index (χ0v) is 8.95. The fourth-order valence-electron chi connectivity index (χ4n) is 2.10. The minimum atomic E-state index is -0.285. The zero-order valence-electron chi connectivity index (χ0n) is 8.95. The van der Waals surface area contributed by atoms with Crippen molar-refractivity contribution in [1.82, 2.24) is 0 Å². The molecule has 1 aliphatic rings. The molecule has 0 aliphatic heterocycles. The smallest absolute Gasteiger partial charge is 0.221 e. The molecule has 1 aromatic rings. The van der Waals surface area contributed by atoms with Crippen molar-refractivity contribution < 1.29 is 9.90 Å². The molecule has 0 aromatic heterocycles. The van der Waals surface area contributed by atoms with Gasteiger partial charge in [0, 0.05) is 18.5 Å². The van der Waals surface area contributed by atoms with Crippen LogP contribution in [-0.4, -0.2) is 17.1 Å². The summed E-state index contributed by atoms with van der Waals surface area (Å²) in [6, 6.07) is 5.82. The molecule has 2 atom stereocenters. The zero-order chi connectivity index (χ0) is 11.0. The summed E-state index contributed by atoms with van der Waals surface area (Å²) in [5.41, 5.74) is 3.14. The fourth-order valence-corrected chi connectivity index (χ4v) is 2.10. The number of aliphatic hydroxyl groups is 1. The van der Waals surface area contributed by atoms with Gasteiger partial charge in [-0.25, -0.2) is 0 Å². The maximum atomic E-state index is 10.9. The quantitative estimate of drug-likeness (QED) is 0.732. The van der Waals surface area contributed by atoms with Crippen LogP contribution in [0.25, 0.3) is 0 Å². The fraction of sp³-hybridized carbons (Fsp3) is 0.417. The molecule has 0 spiro atoms. The Bertz CT molecular complexity index is 401. The highest BCUT2D eigenvalue weighted by Crippen LogP contribution is 2.34. The maximum Gasteiger partial charge on any atom is 0.221 e. The van der Waals surface area contributed by atoms with E-state index in [0.717, 1.165) is 17.7 Å². The number of anilines is 1. The summed E-state index contributed by atoms with van der Waals surface area (Å²) in [4.78, 5) is 10.9. The molecule has 2 rings (SSSR count). The summed E-state index contributed by atoms with van der Waals surface area (Å²) < 4.78 is 0. The van der Waals surface area contributed by atoms with Crippen LogP contribution in [0.15, 0.2) is 18.2 Å². The highest BCUT2D eigenvalue weighted by atomic mass is 16.3. The average molecular weight is 205 g/mol. The lowest BCUT2D eigenvalue weighted by molar-refractivity contribution is -0.114. The first kappa shape index (κ1) is 10.2. The van der Waals surface area contributed by atoms with E-state index < -0.39 is 0 Å².